The van der Waals surface area contributed by atoms with Gasteiger partial charge in [-0.2, -0.15) is 0 Å². The van der Waals surface area contributed by atoms with Crippen molar-refractivity contribution < 1.29 is 31.4 Å². The smallest absolute Gasteiger partial charge is 0.246 e. The number of sulfonamides is 1. The van der Waals surface area contributed by atoms with Crippen LogP contribution >= 0.6 is 11.6 Å². The van der Waals surface area contributed by atoms with Crippen molar-refractivity contribution in [1.82, 2.24) is 19.7 Å². The van der Waals surface area contributed by atoms with Crippen molar-refractivity contribution in [1.29, 1.82) is 0 Å². The van der Waals surface area contributed by atoms with Crippen molar-refractivity contribution in [3.8, 4) is 28.6 Å². The van der Waals surface area contributed by atoms with Crippen molar-refractivity contribution in [2.24, 2.45) is 0 Å². The minimum atomic E-state index is -4.41. The number of aliphatic hydroxyl groups is 1. The lowest BCUT2D eigenvalue weighted by molar-refractivity contribution is 0.198. The quantitative estimate of drug-likeness (QED) is 0.190. The van der Waals surface area contributed by atoms with Crippen LogP contribution in [0.4, 0.5) is 5.95 Å². The Kier molecular flexibility index (Phi) is 10.5. The van der Waals surface area contributed by atoms with Crippen LogP contribution in [0.2, 0.25) is 30.7 Å². The number of methoxy groups -OCH3 is 2. The average Bonchev–Trinajstić information content (AvgIpc) is 3.39. The molecule has 46 heavy (non-hydrogen) atoms. The van der Waals surface area contributed by atoms with Crippen LogP contribution in [0.5, 0.6) is 11.5 Å². The molecule has 0 radical (unpaired) electrons. The summed E-state index contributed by atoms with van der Waals surface area (Å²) in [6, 6.07) is 11.4. The van der Waals surface area contributed by atoms with Crippen LogP contribution in [0.25, 0.3) is 17.1 Å². The third kappa shape index (κ3) is 7.89. The molecule has 248 valence electrons. The maximum atomic E-state index is 14.4. The summed E-state index contributed by atoms with van der Waals surface area (Å²) in [5.41, 5.74) is 1.68. The molecule has 0 saturated carbocycles. The first-order valence-electron chi connectivity index (χ1n) is 14.2. The van der Waals surface area contributed by atoms with Crippen molar-refractivity contribution in [2.75, 3.05) is 37.1 Å². The van der Waals surface area contributed by atoms with E-state index in [1.807, 2.05) is 13.0 Å². The van der Waals surface area contributed by atoms with Crippen LogP contribution in [0.15, 0.2) is 59.8 Å². The van der Waals surface area contributed by atoms with E-state index >= 15 is 0 Å². The van der Waals surface area contributed by atoms with Gasteiger partial charge in [0.25, 0.3) is 0 Å². The van der Waals surface area contributed by atoms with Gasteiger partial charge >= 0.3 is 0 Å². The first kappa shape index (κ1) is 35.4. The SMILES string of the molecule is COc1cccc(OC)c1-n1c(-c2cncc(C)c2)nnc1N(CC[Si](C)(C)C)S(=O)(=O)C[C@@H](O)c1ccc(Cl)cc1S(C)(=O)=O. The van der Waals surface area contributed by atoms with Crippen LogP contribution < -0.4 is 13.8 Å². The predicted octanol–water partition coefficient (Wildman–Crippen LogP) is 4.92. The van der Waals surface area contributed by atoms with E-state index in [1.54, 1.807) is 35.2 Å². The Morgan fingerprint density at radius 1 is 1.00 bits per heavy atom. The van der Waals surface area contributed by atoms with E-state index in [4.69, 9.17) is 21.1 Å². The fourth-order valence-electron chi connectivity index (χ4n) is 4.84. The molecule has 0 aliphatic heterocycles. The second-order valence-electron chi connectivity index (χ2n) is 12.1. The number of sulfone groups is 1. The molecular weight excluding hydrogens is 670 g/mol. The second-order valence-corrected chi connectivity index (χ2v) is 22.0. The molecule has 1 N–H and O–H groups in total. The number of pyridine rings is 1. The summed E-state index contributed by atoms with van der Waals surface area (Å²) in [7, 11) is -7.15. The van der Waals surface area contributed by atoms with Crippen molar-refractivity contribution >= 4 is 45.5 Å². The lowest BCUT2D eigenvalue weighted by Gasteiger charge is -2.28. The molecule has 0 fully saturated rings. The summed E-state index contributed by atoms with van der Waals surface area (Å²) < 4.78 is 68.0. The molecule has 12 nitrogen and oxygen atoms in total. The monoisotopic (exact) mass is 707 g/mol. The standard InChI is InChI=1S/C30H38ClN5O7S2Si/c1-20-15-21(18-32-17-20)29-33-34-30(36(29)28-25(42-2)9-8-10-26(28)43-3)35(13-14-46(5,6)7)45(40,41)19-24(37)23-12-11-22(31)16-27(23)44(4,38)39/h8-12,15-18,24,37H,13-14,19H2,1-7H3/t24-/m1/s1. The molecule has 4 aromatic rings. The van der Waals surface area contributed by atoms with E-state index in [1.165, 1.54) is 32.4 Å². The van der Waals surface area contributed by atoms with E-state index in [-0.39, 0.29) is 33.8 Å². The van der Waals surface area contributed by atoms with Crippen molar-refractivity contribution in [3.05, 3.63) is 71.0 Å². The minimum Gasteiger partial charge on any atom is -0.494 e. The van der Waals surface area contributed by atoms with Gasteiger partial charge in [-0.1, -0.05) is 43.4 Å². The van der Waals surface area contributed by atoms with Crippen LogP contribution in [0, 0.1) is 6.92 Å². The van der Waals surface area contributed by atoms with E-state index in [0.717, 1.165) is 16.1 Å². The highest BCUT2D eigenvalue weighted by Crippen LogP contribution is 2.39. The summed E-state index contributed by atoms with van der Waals surface area (Å²) in [6.07, 6.45) is 2.53. The number of aliphatic hydroxyl groups excluding tert-OH is 1. The molecule has 0 aliphatic carbocycles. The highest BCUT2D eigenvalue weighted by atomic mass is 35.5. The van der Waals surface area contributed by atoms with Gasteiger partial charge in [0, 0.05) is 49.4 Å². The summed E-state index contributed by atoms with van der Waals surface area (Å²) >= 11 is 6.05. The first-order chi connectivity index (χ1) is 21.5. The Labute approximate surface area is 276 Å². The number of hydrogen-bond acceptors (Lipinski definition) is 10. The van der Waals surface area contributed by atoms with Gasteiger partial charge in [0.05, 0.1) is 31.0 Å². The molecule has 2 aromatic heterocycles. The van der Waals surface area contributed by atoms with Gasteiger partial charge in [0.15, 0.2) is 15.7 Å². The molecular formula is C30H38ClN5O7S2Si. The van der Waals surface area contributed by atoms with Crippen LogP contribution in [-0.2, 0) is 19.9 Å². The highest BCUT2D eigenvalue weighted by molar-refractivity contribution is 7.92. The van der Waals surface area contributed by atoms with Gasteiger partial charge in [-0.15, -0.1) is 10.2 Å². The molecule has 2 heterocycles. The second kappa shape index (κ2) is 13.7. The fraction of sp³-hybridized carbons (Fsp3) is 0.367. The summed E-state index contributed by atoms with van der Waals surface area (Å²) in [5, 5.41) is 20.3. The first-order valence-corrected chi connectivity index (χ1v) is 21.8. The molecule has 0 unspecified atom stereocenters. The predicted molar refractivity (Wildman–Crippen MR) is 181 cm³/mol. The topological polar surface area (TPSA) is 154 Å². The fourth-order valence-corrected chi connectivity index (χ4v) is 8.61. The zero-order valence-electron chi connectivity index (χ0n) is 26.7. The Hall–Kier alpha value is -3.50. The summed E-state index contributed by atoms with van der Waals surface area (Å²) in [6.45, 7) is 8.21. The van der Waals surface area contributed by atoms with E-state index < -0.39 is 39.8 Å². The molecule has 0 bridgehead atoms. The summed E-state index contributed by atoms with van der Waals surface area (Å²) in [4.78, 5) is 4.04. The molecule has 16 heteroatoms. The van der Waals surface area contributed by atoms with Crippen molar-refractivity contribution in [3.63, 3.8) is 0 Å². The number of aryl methyl sites for hydroxylation is 1. The lowest BCUT2D eigenvalue weighted by Crippen LogP contribution is -2.40. The molecule has 0 aliphatic rings. The van der Waals surface area contributed by atoms with Gasteiger partial charge in [-0.05, 0) is 48.9 Å². The van der Waals surface area contributed by atoms with E-state index in [0.29, 0.717) is 28.8 Å². The van der Waals surface area contributed by atoms with Crippen molar-refractivity contribution in [2.45, 2.75) is 43.6 Å². The minimum absolute atomic E-state index is 0.0198. The van der Waals surface area contributed by atoms with Gasteiger partial charge in [-0.25, -0.2) is 21.1 Å². The van der Waals surface area contributed by atoms with Gasteiger partial charge < -0.3 is 14.6 Å². The zero-order chi connectivity index (χ0) is 34.0. The third-order valence-corrected chi connectivity index (χ3v) is 12.0. The number of hydrogen-bond donors (Lipinski definition) is 1. The van der Waals surface area contributed by atoms with Gasteiger partial charge in [0.2, 0.25) is 16.0 Å². The number of benzene rings is 2. The Bertz CT molecular complexity index is 1920. The molecule has 0 spiro atoms. The Balaban J connectivity index is 1.97. The number of ether oxygens (including phenoxy) is 2. The molecule has 0 amide bonds. The van der Waals surface area contributed by atoms with Gasteiger partial charge in [0.1, 0.15) is 17.2 Å². The molecule has 0 saturated heterocycles. The Morgan fingerprint density at radius 2 is 1.65 bits per heavy atom. The molecule has 1 atom stereocenters. The maximum absolute atomic E-state index is 14.4. The number of para-hydroxylation sites is 1. The molecule has 2 aromatic carbocycles. The lowest BCUT2D eigenvalue weighted by atomic mass is 10.1. The van der Waals surface area contributed by atoms with E-state index in [2.05, 4.69) is 34.8 Å². The number of aromatic nitrogens is 4. The zero-order valence-corrected chi connectivity index (χ0v) is 30.1. The van der Waals surface area contributed by atoms with Crippen LogP contribution in [0.1, 0.15) is 17.2 Å². The number of anilines is 1. The van der Waals surface area contributed by atoms with Crippen LogP contribution in [0.3, 0.4) is 0 Å². The van der Waals surface area contributed by atoms with E-state index in [9.17, 15) is 21.9 Å². The number of rotatable bonds is 13. The largest absolute Gasteiger partial charge is 0.494 e. The normalized spacial score (nSPS) is 13.0. The number of nitrogens with zero attached hydrogens (tertiary/aromatic N) is 5. The van der Waals surface area contributed by atoms with Gasteiger partial charge in [-0.3, -0.25) is 9.55 Å². The van der Waals surface area contributed by atoms with Crippen LogP contribution in [-0.4, -0.2) is 82.5 Å². The highest BCUT2D eigenvalue weighted by Gasteiger charge is 2.35. The summed E-state index contributed by atoms with van der Waals surface area (Å²) in [5.74, 6) is 0.0942. The number of halogens is 1. The average molecular weight is 708 g/mol. The Morgan fingerprint density at radius 3 is 2.22 bits per heavy atom. The maximum Gasteiger partial charge on any atom is 0.246 e. The third-order valence-electron chi connectivity index (χ3n) is 7.13. The molecule has 4 rings (SSSR count).